The van der Waals surface area contributed by atoms with Gasteiger partial charge in [-0.25, -0.2) is 9.59 Å². The summed E-state index contributed by atoms with van der Waals surface area (Å²) in [5, 5.41) is 12.6. The molecule has 0 aromatic heterocycles. The van der Waals surface area contributed by atoms with Gasteiger partial charge in [-0.2, -0.15) is 0 Å². The molecule has 1 atom stereocenters. The van der Waals surface area contributed by atoms with E-state index >= 15 is 0 Å². The molecule has 0 aliphatic rings. The molecular formula is C27H30N2O5. The first-order valence-corrected chi connectivity index (χ1v) is 11.1. The minimum Gasteiger partial charge on any atom is -0.494 e. The molecule has 2 amide bonds. The van der Waals surface area contributed by atoms with E-state index in [1.165, 1.54) is 0 Å². The van der Waals surface area contributed by atoms with Crippen LogP contribution in [-0.2, 0) is 11.2 Å². The summed E-state index contributed by atoms with van der Waals surface area (Å²) in [5.74, 6) is 0.160. The number of anilines is 1. The molecule has 0 fully saturated rings. The number of benzene rings is 3. The number of carbonyl (C=O) groups excluding carboxylic acids is 1. The van der Waals surface area contributed by atoms with Gasteiger partial charge in [0, 0.05) is 25.7 Å². The minimum atomic E-state index is -1.39. The molecule has 7 heteroatoms. The lowest BCUT2D eigenvalue weighted by Crippen LogP contribution is -2.43. The van der Waals surface area contributed by atoms with Crippen LogP contribution in [0.15, 0.2) is 84.9 Å². The van der Waals surface area contributed by atoms with Crippen molar-refractivity contribution in [3.05, 3.63) is 90.5 Å². The highest BCUT2D eigenvalue weighted by Gasteiger charge is 2.36. The number of hydrogen-bond acceptors (Lipinski definition) is 4. The molecule has 3 rings (SSSR count). The fourth-order valence-corrected chi connectivity index (χ4v) is 3.33. The van der Waals surface area contributed by atoms with Gasteiger partial charge in [0.05, 0.1) is 6.61 Å². The van der Waals surface area contributed by atoms with Gasteiger partial charge in [0.15, 0.2) is 0 Å². The number of urea groups is 1. The Morgan fingerprint density at radius 1 is 0.912 bits per heavy atom. The van der Waals surface area contributed by atoms with Crippen LogP contribution in [0.1, 0.15) is 18.9 Å². The summed E-state index contributed by atoms with van der Waals surface area (Å²) in [4.78, 5) is 25.7. The molecule has 3 aromatic carbocycles. The maximum absolute atomic E-state index is 12.2. The Morgan fingerprint density at radius 2 is 1.53 bits per heavy atom. The third-order valence-corrected chi connectivity index (χ3v) is 5.28. The largest absolute Gasteiger partial charge is 0.494 e. The van der Waals surface area contributed by atoms with E-state index in [1.54, 1.807) is 43.1 Å². The summed E-state index contributed by atoms with van der Waals surface area (Å²) in [6, 6.07) is 25.4. The molecule has 0 bridgehead atoms. The maximum Gasteiger partial charge on any atom is 0.348 e. The molecule has 0 saturated heterocycles. The predicted molar refractivity (Wildman–Crippen MR) is 131 cm³/mol. The third-order valence-electron chi connectivity index (χ3n) is 5.28. The first-order chi connectivity index (χ1) is 16.4. The molecule has 0 radical (unpaired) electrons. The first kappa shape index (κ1) is 24.6. The summed E-state index contributed by atoms with van der Waals surface area (Å²) >= 11 is 0. The Labute approximate surface area is 199 Å². The average molecular weight is 463 g/mol. The number of para-hydroxylation sites is 2. The number of nitrogens with zero attached hydrogens (tertiary/aromatic N) is 1. The van der Waals surface area contributed by atoms with Gasteiger partial charge < -0.3 is 24.8 Å². The fourth-order valence-electron chi connectivity index (χ4n) is 3.33. The zero-order chi connectivity index (χ0) is 24.4. The van der Waals surface area contributed by atoms with Crippen molar-refractivity contribution in [2.45, 2.75) is 25.4 Å². The lowest BCUT2D eigenvalue weighted by Gasteiger charge is -2.26. The van der Waals surface area contributed by atoms with E-state index in [0.29, 0.717) is 31.1 Å². The molecule has 1 unspecified atom stereocenters. The molecule has 7 nitrogen and oxygen atoms in total. The second-order valence-electron chi connectivity index (χ2n) is 8.19. The molecule has 34 heavy (non-hydrogen) atoms. The monoisotopic (exact) mass is 462 g/mol. The molecule has 3 aromatic rings. The van der Waals surface area contributed by atoms with Crippen molar-refractivity contribution < 1.29 is 24.2 Å². The Hall–Kier alpha value is -4.00. The molecule has 178 valence electrons. The number of carboxylic acids is 1. The number of ether oxygens (including phenoxy) is 2. The quantitative estimate of drug-likeness (QED) is 0.388. The van der Waals surface area contributed by atoms with E-state index in [-0.39, 0.29) is 12.5 Å². The number of carbonyl (C=O) groups is 2. The van der Waals surface area contributed by atoms with E-state index in [4.69, 9.17) is 9.47 Å². The fraction of sp³-hybridized carbons (Fsp3) is 0.259. The van der Waals surface area contributed by atoms with E-state index in [0.717, 1.165) is 11.3 Å². The van der Waals surface area contributed by atoms with Crippen molar-refractivity contribution in [3.8, 4) is 11.5 Å². The van der Waals surface area contributed by atoms with Crippen LogP contribution in [0.25, 0.3) is 0 Å². The first-order valence-electron chi connectivity index (χ1n) is 11.1. The molecule has 0 saturated carbocycles. The third kappa shape index (κ3) is 7.27. The average Bonchev–Trinajstić information content (AvgIpc) is 2.84. The Morgan fingerprint density at radius 3 is 2.15 bits per heavy atom. The van der Waals surface area contributed by atoms with Crippen LogP contribution in [0.4, 0.5) is 10.5 Å². The molecule has 0 aliphatic carbocycles. The van der Waals surface area contributed by atoms with Crippen LogP contribution in [-0.4, -0.2) is 47.8 Å². The Kier molecular flexibility index (Phi) is 8.51. The number of aliphatic carboxylic acids is 1. The van der Waals surface area contributed by atoms with Crippen LogP contribution in [0.3, 0.4) is 0 Å². The van der Waals surface area contributed by atoms with Crippen LogP contribution < -0.4 is 14.8 Å². The van der Waals surface area contributed by atoms with Crippen molar-refractivity contribution in [1.82, 2.24) is 4.90 Å². The van der Waals surface area contributed by atoms with Crippen LogP contribution in [0.2, 0.25) is 0 Å². The van der Waals surface area contributed by atoms with Crippen molar-refractivity contribution >= 4 is 17.7 Å². The van der Waals surface area contributed by atoms with Crippen LogP contribution in [0.5, 0.6) is 11.5 Å². The van der Waals surface area contributed by atoms with Gasteiger partial charge in [0.25, 0.3) is 0 Å². The molecule has 0 aliphatic heterocycles. The lowest BCUT2D eigenvalue weighted by atomic mass is 9.96. The lowest BCUT2D eigenvalue weighted by molar-refractivity contribution is -0.153. The second-order valence-corrected chi connectivity index (χ2v) is 8.19. The highest BCUT2D eigenvalue weighted by Crippen LogP contribution is 2.24. The second kappa shape index (κ2) is 11.7. The van der Waals surface area contributed by atoms with Crippen molar-refractivity contribution in [2.24, 2.45) is 0 Å². The number of hydrogen-bond donors (Lipinski definition) is 2. The van der Waals surface area contributed by atoms with Gasteiger partial charge in [0.2, 0.25) is 5.60 Å². The minimum absolute atomic E-state index is 0.172. The summed E-state index contributed by atoms with van der Waals surface area (Å²) < 4.78 is 11.6. The standard InChI is InChI=1S/C27H30N2O5/c1-27(25(30)31,34-24-12-7-4-8-13-24)20-21-14-16-23(17-15-21)33-19-9-18-29(2)26(32)28-22-10-5-3-6-11-22/h3-8,10-17H,9,18-20H2,1-2H3,(H,28,32)(H,30,31). The van der Waals surface area contributed by atoms with Gasteiger partial charge in [-0.1, -0.05) is 48.5 Å². The topological polar surface area (TPSA) is 88.1 Å². The summed E-state index contributed by atoms with van der Waals surface area (Å²) in [6.45, 7) is 2.56. The molecule has 0 spiro atoms. The van der Waals surface area contributed by atoms with Crippen LogP contribution in [0, 0.1) is 0 Å². The Bertz CT molecular complexity index is 1060. The van der Waals surface area contributed by atoms with E-state index in [9.17, 15) is 14.7 Å². The number of rotatable bonds is 11. The van der Waals surface area contributed by atoms with Crippen molar-refractivity contribution in [2.75, 3.05) is 25.5 Å². The van der Waals surface area contributed by atoms with Gasteiger partial charge >= 0.3 is 12.0 Å². The Balaban J connectivity index is 1.45. The predicted octanol–water partition coefficient (Wildman–Crippen LogP) is 5.08. The zero-order valence-electron chi connectivity index (χ0n) is 19.4. The molecule has 0 heterocycles. The maximum atomic E-state index is 12.2. The van der Waals surface area contributed by atoms with E-state index < -0.39 is 11.6 Å². The van der Waals surface area contributed by atoms with Crippen molar-refractivity contribution in [1.29, 1.82) is 0 Å². The van der Waals surface area contributed by atoms with Gasteiger partial charge in [-0.3, -0.25) is 0 Å². The summed E-state index contributed by atoms with van der Waals surface area (Å²) in [7, 11) is 1.74. The van der Waals surface area contributed by atoms with E-state index in [1.807, 2.05) is 60.7 Å². The highest BCUT2D eigenvalue weighted by molar-refractivity contribution is 5.89. The number of carboxylic acid groups (broad SMARTS) is 1. The van der Waals surface area contributed by atoms with Gasteiger partial charge in [-0.05, 0) is 55.3 Å². The number of amides is 2. The summed E-state index contributed by atoms with van der Waals surface area (Å²) in [5.41, 5.74) is 0.184. The highest BCUT2D eigenvalue weighted by atomic mass is 16.5. The molecular weight excluding hydrogens is 432 g/mol. The smallest absolute Gasteiger partial charge is 0.348 e. The zero-order valence-corrected chi connectivity index (χ0v) is 19.4. The van der Waals surface area contributed by atoms with E-state index in [2.05, 4.69) is 5.32 Å². The van der Waals surface area contributed by atoms with Crippen LogP contribution >= 0.6 is 0 Å². The van der Waals surface area contributed by atoms with Crippen molar-refractivity contribution in [3.63, 3.8) is 0 Å². The normalized spacial score (nSPS) is 12.3. The van der Waals surface area contributed by atoms with Gasteiger partial charge in [-0.15, -0.1) is 0 Å². The SMILES string of the molecule is CN(CCCOc1ccc(CC(C)(Oc2ccccc2)C(=O)O)cc1)C(=O)Nc1ccccc1. The van der Waals surface area contributed by atoms with Gasteiger partial charge in [0.1, 0.15) is 11.5 Å². The summed E-state index contributed by atoms with van der Waals surface area (Å²) in [6.07, 6.45) is 0.876. The number of nitrogens with one attached hydrogen (secondary N) is 1. The molecule has 2 N–H and O–H groups in total.